The van der Waals surface area contributed by atoms with Crippen molar-refractivity contribution in [2.45, 2.75) is 12.5 Å². The van der Waals surface area contributed by atoms with Crippen molar-refractivity contribution in [2.24, 2.45) is 0 Å². The highest BCUT2D eigenvalue weighted by molar-refractivity contribution is 5.54. The molecule has 0 fully saturated rings. The van der Waals surface area contributed by atoms with E-state index in [2.05, 4.69) is 0 Å². The monoisotopic (exact) mass is 334 g/mol. The first-order chi connectivity index (χ1) is 11.5. The fourth-order valence-corrected chi connectivity index (χ4v) is 2.51. The van der Waals surface area contributed by atoms with Crippen LogP contribution >= 0.6 is 0 Å². The van der Waals surface area contributed by atoms with E-state index in [4.69, 9.17) is 18.9 Å². The lowest BCUT2D eigenvalue weighted by molar-refractivity contribution is 0.177. The maximum absolute atomic E-state index is 10.5. The summed E-state index contributed by atoms with van der Waals surface area (Å²) >= 11 is 0. The fourth-order valence-electron chi connectivity index (χ4n) is 2.51. The van der Waals surface area contributed by atoms with Crippen LogP contribution in [0.4, 0.5) is 0 Å². The molecule has 0 bridgehead atoms. The Hall–Kier alpha value is -2.60. The predicted molar refractivity (Wildman–Crippen MR) is 89.4 cm³/mol. The van der Waals surface area contributed by atoms with Gasteiger partial charge in [-0.15, -0.1) is 0 Å². The summed E-state index contributed by atoms with van der Waals surface area (Å²) in [6, 6.07) is 8.38. The molecule has 1 atom stereocenters. The Balaban J connectivity index is 2.28. The molecule has 2 rings (SSSR count). The van der Waals surface area contributed by atoms with E-state index in [1.54, 1.807) is 38.5 Å². The Kier molecular flexibility index (Phi) is 5.76. The van der Waals surface area contributed by atoms with Crippen molar-refractivity contribution in [3.8, 4) is 28.7 Å². The van der Waals surface area contributed by atoms with Crippen LogP contribution in [0.1, 0.15) is 17.2 Å². The molecule has 0 saturated heterocycles. The summed E-state index contributed by atoms with van der Waals surface area (Å²) in [5, 5.41) is 20.3. The molecule has 2 N–H and O–H groups in total. The van der Waals surface area contributed by atoms with Gasteiger partial charge in [0.2, 0.25) is 5.75 Å². The van der Waals surface area contributed by atoms with Crippen LogP contribution in [0.2, 0.25) is 0 Å². The average molecular weight is 334 g/mol. The number of phenols is 1. The van der Waals surface area contributed by atoms with Crippen LogP contribution < -0.4 is 18.9 Å². The highest BCUT2D eigenvalue weighted by atomic mass is 16.5. The van der Waals surface area contributed by atoms with E-state index in [1.165, 1.54) is 20.3 Å². The van der Waals surface area contributed by atoms with Crippen LogP contribution in [0, 0.1) is 0 Å². The summed E-state index contributed by atoms with van der Waals surface area (Å²) in [6.45, 7) is 0. The maximum atomic E-state index is 10.5. The number of aliphatic hydroxyl groups is 1. The Labute approximate surface area is 141 Å². The van der Waals surface area contributed by atoms with E-state index in [0.29, 0.717) is 35.0 Å². The molecule has 0 radical (unpaired) electrons. The van der Waals surface area contributed by atoms with E-state index in [9.17, 15) is 10.2 Å². The zero-order chi connectivity index (χ0) is 17.7. The number of aliphatic hydroxyl groups excluding tert-OH is 1. The molecule has 24 heavy (non-hydrogen) atoms. The third-order valence-electron chi connectivity index (χ3n) is 3.74. The molecule has 0 spiro atoms. The lowest BCUT2D eigenvalue weighted by Gasteiger charge is -2.16. The number of benzene rings is 2. The summed E-state index contributed by atoms with van der Waals surface area (Å²) in [4.78, 5) is 0. The number of ether oxygens (including phenoxy) is 4. The lowest BCUT2D eigenvalue weighted by atomic mass is 10.0. The molecule has 0 aromatic heterocycles. The molecule has 6 heteroatoms. The first-order valence-corrected chi connectivity index (χ1v) is 7.37. The Bertz CT molecular complexity index is 673. The first kappa shape index (κ1) is 17.7. The van der Waals surface area contributed by atoms with Crippen molar-refractivity contribution in [1.29, 1.82) is 0 Å². The molecule has 130 valence electrons. The van der Waals surface area contributed by atoms with E-state index in [-0.39, 0.29) is 5.75 Å². The molecule has 0 heterocycles. The van der Waals surface area contributed by atoms with Crippen molar-refractivity contribution in [2.75, 3.05) is 28.4 Å². The molecular formula is C18H22O6. The van der Waals surface area contributed by atoms with Crippen LogP contribution in [-0.4, -0.2) is 38.7 Å². The first-order valence-electron chi connectivity index (χ1n) is 7.37. The van der Waals surface area contributed by atoms with Crippen LogP contribution in [-0.2, 0) is 6.42 Å². The van der Waals surface area contributed by atoms with Crippen molar-refractivity contribution in [1.82, 2.24) is 0 Å². The number of methoxy groups -OCH3 is 4. The highest BCUT2D eigenvalue weighted by Crippen LogP contribution is 2.39. The molecule has 0 aliphatic heterocycles. The second kappa shape index (κ2) is 7.79. The number of aromatic hydroxyl groups is 1. The van der Waals surface area contributed by atoms with Gasteiger partial charge in [-0.2, -0.15) is 0 Å². The molecule has 0 amide bonds. The van der Waals surface area contributed by atoms with Crippen LogP contribution in [0.3, 0.4) is 0 Å². The molecule has 0 aliphatic rings. The van der Waals surface area contributed by atoms with Crippen LogP contribution in [0.25, 0.3) is 0 Å². The fraction of sp³-hybridized carbons (Fsp3) is 0.333. The van der Waals surface area contributed by atoms with Gasteiger partial charge in [0.15, 0.2) is 23.0 Å². The van der Waals surface area contributed by atoms with Gasteiger partial charge in [0.05, 0.1) is 34.5 Å². The summed E-state index contributed by atoms with van der Waals surface area (Å²) < 4.78 is 20.9. The van der Waals surface area contributed by atoms with E-state index < -0.39 is 6.10 Å². The van der Waals surface area contributed by atoms with Gasteiger partial charge in [0.25, 0.3) is 0 Å². The summed E-state index contributed by atoms with van der Waals surface area (Å²) in [6.07, 6.45) is -0.479. The van der Waals surface area contributed by atoms with Gasteiger partial charge in [-0.3, -0.25) is 0 Å². The number of phenolic OH excluding ortho intramolecular Hbond substituents is 1. The Morgan fingerprint density at radius 2 is 1.42 bits per heavy atom. The van der Waals surface area contributed by atoms with Gasteiger partial charge in [0, 0.05) is 6.42 Å². The number of hydrogen-bond donors (Lipinski definition) is 2. The van der Waals surface area contributed by atoms with Crippen molar-refractivity contribution in [3.63, 3.8) is 0 Å². The molecule has 6 nitrogen and oxygen atoms in total. The van der Waals surface area contributed by atoms with Gasteiger partial charge in [-0.05, 0) is 35.4 Å². The Morgan fingerprint density at radius 3 is 1.88 bits per heavy atom. The highest BCUT2D eigenvalue weighted by Gasteiger charge is 2.17. The van der Waals surface area contributed by atoms with Crippen molar-refractivity contribution >= 4 is 0 Å². The largest absolute Gasteiger partial charge is 0.504 e. The Morgan fingerprint density at radius 1 is 0.833 bits per heavy atom. The molecular weight excluding hydrogens is 312 g/mol. The van der Waals surface area contributed by atoms with Crippen molar-refractivity contribution in [3.05, 3.63) is 41.5 Å². The second-order valence-corrected chi connectivity index (χ2v) is 5.18. The zero-order valence-electron chi connectivity index (χ0n) is 14.2. The van der Waals surface area contributed by atoms with E-state index in [0.717, 1.165) is 5.56 Å². The summed E-state index contributed by atoms with van der Waals surface area (Å²) in [5.74, 6) is 1.89. The van der Waals surface area contributed by atoms with E-state index >= 15 is 0 Å². The number of hydrogen-bond acceptors (Lipinski definition) is 6. The molecule has 2 aromatic rings. The molecule has 0 aliphatic carbocycles. The van der Waals surface area contributed by atoms with Gasteiger partial charge >= 0.3 is 0 Å². The van der Waals surface area contributed by atoms with Gasteiger partial charge < -0.3 is 29.2 Å². The zero-order valence-corrected chi connectivity index (χ0v) is 14.2. The van der Waals surface area contributed by atoms with Gasteiger partial charge in [-0.1, -0.05) is 6.07 Å². The average Bonchev–Trinajstić information content (AvgIpc) is 2.60. The lowest BCUT2D eigenvalue weighted by Crippen LogP contribution is -2.04. The van der Waals surface area contributed by atoms with Gasteiger partial charge in [-0.25, -0.2) is 0 Å². The third-order valence-corrected chi connectivity index (χ3v) is 3.74. The standard InChI is InChI=1S/C18H22O6/c1-21-15-6-5-12(10-14(15)20)13(19)7-11-8-16(22-2)18(24-4)17(9-11)23-3/h5-6,8-10,13,19-20H,7H2,1-4H3/t13-/m1/s1. The topological polar surface area (TPSA) is 77.4 Å². The molecule has 2 aromatic carbocycles. The minimum atomic E-state index is -0.801. The predicted octanol–water partition coefficient (Wildman–Crippen LogP) is 2.70. The minimum Gasteiger partial charge on any atom is -0.504 e. The molecule has 0 saturated carbocycles. The smallest absolute Gasteiger partial charge is 0.203 e. The quantitative estimate of drug-likeness (QED) is 0.811. The normalized spacial score (nSPS) is 11.7. The van der Waals surface area contributed by atoms with E-state index in [1.807, 2.05) is 0 Å². The molecule has 0 unspecified atom stereocenters. The minimum absolute atomic E-state index is 0.0149. The summed E-state index contributed by atoms with van der Waals surface area (Å²) in [5.41, 5.74) is 1.40. The number of rotatable bonds is 7. The SMILES string of the molecule is COc1ccc([C@H](O)Cc2cc(OC)c(OC)c(OC)c2)cc1O. The second-order valence-electron chi connectivity index (χ2n) is 5.18. The van der Waals surface area contributed by atoms with Crippen LogP contribution in [0.15, 0.2) is 30.3 Å². The van der Waals surface area contributed by atoms with Crippen LogP contribution in [0.5, 0.6) is 28.7 Å². The van der Waals surface area contributed by atoms with Gasteiger partial charge in [0.1, 0.15) is 0 Å². The summed E-state index contributed by atoms with van der Waals surface area (Å²) in [7, 11) is 6.09. The third kappa shape index (κ3) is 3.65. The maximum Gasteiger partial charge on any atom is 0.203 e. The van der Waals surface area contributed by atoms with Crippen molar-refractivity contribution < 1.29 is 29.2 Å².